The molecule has 1 N–H and O–H groups in total. The monoisotopic (exact) mass is 398 g/mol. The summed E-state index contributed by atoms with van der Waals surface area (Å²) < 4.78 is 6.09. The number of benzene rings is 2. The highest BCUT2D eigenvalue weighted by atomic mass is 35.5. The number of halogens is 2. The maximum absolute atomic E-state index is 13.1. The van der Waals surface area contributed by atoms with E-state index in [1.165, 1.54) is 12.4 Å². The number of aromatic nitrogens is 1. The number of fused-ring (bicyclic) bond motifs is 3. The maximum Gasteiger partial charge on any atom is 0.256 e. The first-order valence-corrected chi connectivity index (χ1v) is 9.27. The van der Waals surface area contributed by atoms with Gasteiger partial charge in [0.25, 0.3) is 5.91 Å². The van der Waals surface area contributed by atoms with E-state index in [0.29, 0.717) is 11.3 Å². The lowest BCUT2D eigenvalue weighted by Crippen LogP contribution is -2.13. The van der Waals surface area contributed by atoms with Gasteiger partial charge in [-0.15, -0.1) is 0 Å². The van der Waals surface area contributed by atoms with Gasteiger partial charge in [-0.25, -0.2) is 0 Å². The average molecular weight is 399 g/mol. The van der Waals surface area contributed by atoms with Crippen LogP contribution in [0.1, 0.15) is 35.7 Å². The van der Waals surface area contributed by atoms with Crippen molar-refractivity contribution < 1.29 is 9.21 Å². The largest absolute Gasteiger partial charge is 0.456 e. The number of hydrogen-bond donors (Lipinski definition) is 1. The lowest BCUT2D eigenvalue weighted by molar-refractivity contribution is 0.102. The SMILES string of the molecule is CC(C)c1ccc(C(=O)Nc2c(Cl)cncc2Cl)c2c1oc1ccccc12. The lowest BCUT2D eigenvalue weighted by atomic mass is 9.96. The van der Waals surface area contributed by atoms with E-state index in [1.54, 1.807) is 0 Å². The first kappa shape index (κ1) is 17.8. The molecule has 6 heteroatoms. The predicted octanol–water partition coefficient (Wildman–Crippen LogP) is 6.66. The second-order valence-electron chi connectivity index (χ2n) is 6.59. The summed E-state index contributed by atoms with van der Waals surface area (Å²) in [5, 5.41) is 5.05. The molecule has 2 heterocycles. The van der Waals surface area contributed by atoms with Gasteiger partial charge < -0.3 is 9.73 Å². The van der Waals surface area contributed by atoms with Gasteiger partial charge in [0, 0.05) is 23.2 Å². The van der Waals surface area contributed by atoms with Crippen molar-refractivity contribution in [2.45, 2.75) is 19.8 Å². The van der Waals surface area contributed by atoms with Crippen molar-refractivity contribution in [3.05, 3.63) is 70.0 Å². The number of hydrogen-bond acceptors (Lipinski definition) is 3. The van der Waals surface area contributed by atoms with Gasteiger partial charge in [-0.05, 0) is 23.6 Å². The molecule has 0 saturated heterocycles. The van der Waals surface area contributed by atoms with E-state index in [1.807, 2.05) is 36.4 Å². The zero-order valence-electron chi connectivity index (χ0n) is 14.7. The molecule has 2 aromatic heterocycles. The normalized spacial score (nSPS) is 11.4. The van der Waals surface area contributed by atoms with E-state index in [-0.39, 0.29) is 21.9 Å². The number of nitrogens with one attached hydrogen (secondary N) is 1. The number of nitrogens with zero attached hydrogens (tertiary/aromatic N) is 1. The minimum absolute atomic E-state index is 0.259. The third kappa shape index (κ3) is 3.05. The molecule has 0 unspecified atom stereocenters. The van der Waals surface area contributed by atoms with Crippen molar-refractivity contribution in [3.8, 4) is 0 Å². The van der Waals surface area contributed by atoms with Crippen molar-refractivity contribution >= 4 is 56.7 Å². The Bertz CT molecular complexity index is 1160. The Hall–Kier alpha value is -2.56. The molecule has 136 valence electrons. The van der Waals surface area contributed by atoms with E-state index in [2.05, 4.69) is 24.1 Å². The van der Waals surface area contributed by atoms with Crippen LogP contribution in [-0.2, 0) is 0 Å². The van der Waals surface area contributed by atoms with Crippen molar-refractivity contribution in [1.29, 1.82) is 0 Å². The van der Waals surface area contributed by atoms with Gasteiger partial charge in [-0.3, -0.25) is 9.78 Å². The molecule has 0 aliphatic heterocycles. The Labute approximate surface area is 166 Å². The van der Waals surface area contributed by atoms with E-state index in [0.717, 1.165) is 27.5 Å². The number of anilines is 1. The summed E-state index contributed by atoms with van der Waals surface area (Å²) in [6.07, 6.45) is 2.88. The highest BCUT2D eigenvalue weighted by molar-refractivity contribution is 6.40. The standard InChI is InChI=1S/C21H16Cl2N2O2/c1-11(2)12-7-8-14(18-13-5-3-4-6-17(13)27-20(12)18)21(26)25-19-15(22)9-24-10-16(19)23/h3-11H,1-2H3,(H,24,25,26). The molecule has 0 saturated carbocycles. The van der Waals surface area contributed by atoms with Crippen molar-refractivity contribution in [3.63, 3.8) is 0 Å². The average Bonchev–Trinajstić information content (AvgIpc) is 3.03. The van der Waals surface area contributed by atoms with Crippen LogP contribution in [0, 0.1) is 0 Å². The molecular weight excluding hydrogens is 383 g/mol. The lowest BCUT2D eigenvalue weighted by Gasteiger charge is -2.12. The third-order valence-electron chi connectivity index (χ3n) is 4.52. The number of para-hydroxylation sites is 1. The van der Waals surface area contributed by atoms with Crippen LogP contribution in [0.15, 0.2) is 53.2 Å². The van der Waals surface area contributed by atoms with Crippen molar-refractivity contribution in [2.75, 3.05) is 5.32 Å². The fraction of sp³-hybridized carbons (Fsp3) is 0.143. The molecule has 27 heavy (non-hydrogen) atoms. The van der Waals surface area contributed by atoms with E-state index >= 15 is 0 Å². The fourth-order valence-corrected chi connectivity index (χ4v) is 3.66. The molecule has 0 radical (unpaired) electrons. The number of carbonyl (C=O) groups excluding carboxylic acids is 1. The van der Waals surface area contributed by atoms with Gasteiger partial charge in [0.2, 0.25) is 0 Å². The topological polar surface area (TPSA) is 55.1 Å². The Morgan fingerprint density at radius 2 is 1.78 bits per heavy atom. The van der Waals surface area contributed by atoms with Crippen LogP contribution in [0.3, 0.4) is 0 Å². The Morgan fingerprint density at radius 3 is 2.48 bits per heavy atom. The van der Waals surface area contributed by atoms with Gasteiger partial charge >= 0.3 is 0 Å². The smallest absolute Gasteiger partial charge is 0.256 e. The molecule has 4 aromatic rings. The summed E-state index contributed by atoms with van der Waals surface area (Å²) in [6, 6.07) is 11.4. The summed E-state index contributed by atoms with van der Waals surface area (Å²) in [7, 11) is 0. The summed E-state index contributed by atoms with van der Waals surface area (Å²) >= 11 is 12.3. The Kier molecular flexibility index (Phi) is 4.54. The maximum atomic E-state index is 13.1. The minimum atomic E-state index is -0.308. The van der Waals surface area contributed by atoms with Crippen LogP contribution in [0.25, 0.3) is 21.9 Å². The molecule has 0 bridgehead atoms. The van der Waals surface area contributed by atoms with Crippen LogP contribution >= 0.6 is 23.2 Å². The van der Waals surface area contributed by atoms with Gasteiger partial charge in [-0.1, -0.05) is 61.3 Å². The van der Waals surface area contributed by atoms with Gasteiger partial charge in [-0.2, -0.15) is 0 Å². The second kappa shape index (κ2) is 6.87. The summed E-state index contributed by atoms with van der Waals surface area (Å²) in [5.74, 6) is -0.0499. The molecule has 4 nitrogen and oxygen atoms in total. The molecular formula is C21H16Cl2N2O2. The van der Waals surface area contributed by atoms with Gasteiger partial charge in [0.05, 0.1) is 21.3 Å². The highest BCUT2D eigenvalue weighted by Gasteiger charge is 2.21. The van der Waals surface area contributed by atoms with Crippen LogP contribution in [0.5, 0.6) is 0 Å². The highest BCUT2D eigenvalue weighted by Crippen LogP contribution is 2.37. The summed E-state index contributed by atoms with van der Waals surface area (Å²) in [4.78, 5) is 17.0. The summed E-state index contributed by atoms with van der Waals surface area (Å²) in [5.41, 5.74) is 3.37. The van der Waals surface area contributed by atoms with Gasteiger partial charge in [0.1, 0.15) is 11.2 Å². The molecule has 1 amide bonds. The Morgan fingerprint density at radius 1 is 1.07 bits per heavy atom. The molecule has 0 spiro atoms. The van der Waals surface area contributed by atoms with E-state index in [9.17, 15) is 4.79 Å². The summed E-state index contributed by atoms with van der Waals surface area (Å²) in [6.45, 7) is 4.19. The van der Waals surface area contributed by atoms with E-state index in [4.69, 9.17) is 27.6 Å². The first-order valence-electron chi connectivity index (χ1n) is 8.52. The van der Waals surface area contributed by atoms with Crippen LogP contribution in [0.2, 0.25) is 10.0 Å². The number of pyridine rings is 1. The molecule has 4 rings (SSSR count). The number of furan rings is 1. The van der Waals surface area contributed by atoms with Crippen LogP contribution in [-0.4, -0.2) is 10.9 Å². The molecule has 0 fully saturated rings. The fourth-order valence-electron chi connectivity index (χ4n) is 3.20. The van der Waals surface area contributed by atoms with Gasteiger partial charge in [0.15, 0.2) is 0 Å². The number of rotatable bonds is 3. The Balaban J connectivity index is 1.91. The van der Waals surface area contributed by atoms with Crippen LogP contribution < -0.4 is 5.32 Å². The predicted molar refractivity (Wildman–Crippen MR) is 110 cm³/mol. The van der Waals surface area contributed by atoms with E-state index < -0.39 is 0 Å². The quantitative estimate of drug-likeness (QED) is 0.419. The first-order chi connectivity index (χ1) is 13.0. The third-order valence-corrected chi connectivity index (χ3v) is 5.09. The van der Waals surface area contributed by atoms with Crippen molar-refractivity contribution in [1.82, 2.24) is 4.98 Å². The number of carbonyl (C=O) groups is 1. The molecule has 0 aliphatic rings. The van der Waals surface area contributed by atoms with Crippen LogP contribution in [0.4, 0.5) is 5.69 Å². The minimum Gasteiger partial charge on any atom is -0.456 e. The second-order valence-corrected chi connectivity index (χ2v) is 7.41. The zero-order valence-corrected chi connectivity index (χ0v) is 16.2. The number of amides is 1. The molecule has 0 aliphatic carbocycles. The van der Waals surface area contributed by atoms with Crippen molar-refractivity contribution in [2.24, 2.45) is 0 Å². The molecule has 2 aromatic carbocycles. The zero-order chi connectivity index (χ0) is 19.1. The molecule has 0 atom stereocenters.